The van der Waals surface area contributed by atoms with Gasteiger partial charge < -0.3 is 14.6 Å². The molecule has 1 heterocycles. The van der Waals surface area contributed by atoms with Gasteiger partial charge in [0.15, 0.2) is 0 Å². The van der Waals surface area contributed by atoms with Crippen LogP contribution in [0, 0.1) is 19.7 Å². The number of hydrogen-bond donors (Lipinski definition) is 1. The van der Waals surface area contributed by atoms with Gasteiger partial charge in [0.1, 0.15) is 18.0 Å². The predicted octanol–water partition coefficient (Wildman–Crippen LogP) is 6.58. The number of halogens is 1. The molecule has 1 aromatic heterocycles. The quantitative estimate of drug-likeness (QED) is 0.319. The van der Waals surface area contributed by atoms with E-state index in [-0.39, 0.29) is 18.1 Å². The Hall–Kier alpha value is -4.00. The normalized spacial score (nSPS) is 11.4. The van der Waals surface area contributed by atoms with Gasteiger partial charge in [-0.1, -0.05) is 35.5 Å². The second-order valence-corrected chi connectivity index (χ2v) is 9.40. The van der Waals surface area contributed by atoms with E-state index in [0.29, 0.717) is 11.5 Å². The van der Waals surface area contributed by atoms with Crippen molar-refractivity contribution in [2.24, 2.45) is 0 Å². The van der Waals surface area contributed by atoms with Crippen molar-refractivity contribution < 1.29 is 18.4 Å². The number of carbonyl (C=O) groups is 1. The summed E-state index contributed by atoms with van der Waals surface area (Å²) in [5.74, 6) is -0.367. The van der Waals surface area contributed by atoms with Crippen LogP contribution in [0.5, 0.6) is 0 Å². The molecule has 0 saturated carbocycles. The van der Waals surface area contributed by atoms with Crippen LogP contribution in [0.25, 0.3) is 34.0 Å². The minimum Gasteiger partial charge on any atom is -0.459 e. The van der Waals surface area contributed by atoms with Crippen molar-refractivity contribution in [1.29, 1.82) is 0 Å². The number of carbonyl (C=O) groups excluding carboxylic acids is 1. The third-order valence-electron chi connectivity index (χ3n) is 5.41. The van der Waals surface area contributed by atoms with Crippen molar-refractivity contribution in [1.82, 2.24) is 10.1 Å². The van der Waals surface area contributed by atoms with Gasteiger partial charge in [-0.3, -0.25) is 4.79 Å². The summed E-state index contributed by atoms with van der Waals surface area (Å²) < 4.78 is 25.3. The Morgan fingerprint density at radius 1 is 0.971 bits per heavy atom. The first-order valence-corrected chi connectivity index (χ1v) is 11.4. The lowest BCUT2D eigenvalue weighted by Crippen LogP contribution is -2.28. The van der Waals surface area contributed by atoms with Crippen LogP contribution in [0.1, 0.15) is 31.9 Å². The van der Waals surface area contributed by atoms with Crippen LogP contribution < -0.4 is 5.32 Å². The van der Waals surface area contributed by atoms with Crippen LogP contribution in [0.4, 0.5) is 10.1 Å². The molecule has 0 saturated heterocycles. The molecule has 0 radical (unpaired) electrons. The third kappa shape index (κ3) is 5.74. The maximum absolute atomic E-state index is 14.6. The molecule has 0 amide bonds. The number of aryl methyl sites for hydroxylation is 2. The van der Waals surface area contributed by atoms with Gasteiger partial charge in [0.05, 0.1) is 5.69 Å². The van der Waals surface area contributed by atoms with Crippen LogP contribution in [0.2, 0.25) is 0 Å². The summed E-state index contributed by atoms with van der Waals surface area (Å²) in [6.45, 7) is 9.32. The monoisotopic (exact) mass is 473 g/mol. The number of benzene rings is 3. The van der Waals surface area contributed by atoms with E-state index in [1.807, 2.05) is 37.3 Å². The highest BCUT2D eigenvalue weighted by Crippen LogP contribution is 2.31. The second-order valence-electron chi connectivity index (χ2n) is 9.40. The van der Waals surface area contributed by atoms with Crippen molar-refractivity contribution in [2.45, 2.75) is 40.2 Å². The molecule has 7 heteroatoms. The zero-order valence-electron chi connectivity index (χ0n) is 20.5. The Bertz CT molecular complexity index is 1370. The molecular weight excluding hydrogens is 445 g/mol. The van der Waals surface area contributed by atoms with Gasteiger partial charge in [-0.15, -0.1) is 0 Å². The number of hydrogen-bond acceptors (Lipinski definition) is 6. The lowest BCUT2D eigenvalue weighted by atomic mass is 9.95. The lowest BCUT2D eigenvalue weighted by molar-refractivity contribution is -0.152. The minimum absolute atomic E-state index is 0.141. The number of rotatable bonds is 6. The topological polar surface area (TPSA) is 77.2 Å². The number of anilines is 1. The maximum atomic E-state index is 14.6. The minimum atomic E-state index is -0.600. The highest BCUT2D eigenvalue weighted by Gasteiger charge is 2.17. The molecule has 0 unspecified atom stereocenters. The van der Waals surface area contributed by atoms with E-state index in [9.17, 15) is 9.18 Å². The maximum Gasteiger partial charge on any atom is 0.325 e. The molecule has 0 aliphatic carbocycles. The van der Waals surface area contributed by atoms with Gasteiger partial charge in [-0.2, -0.15) is 4.98 Å². The number of ether oxygens (including phenoxy) is 1. The van der Waals surface area contributed by atoms with Gasteiger partial charge in [-0.25, -0.2) is 4.39 Å². The van der Waals surface area contributed by atoms with Crippen molar-refractivity contribution >= 4 is 11.7 Å². The molecule has 0 aliphatic rings. The molecule has 3 aromatic carbocycles. The Kier molecular flexibility index (Phi) is 6.69. The molecule has 4 rings (SSSR count). The standard InChI is InChI=1S/C28H28FN3O3/c1-17-8-6-7-9-21(17)22-12-10-20(14-18(22)2)27-31-26(32-35-27)19-11-13-24(23(29)15-19)30-16-25(33)34-28(3,4)5/h6-15,30H,16H2,1-5H3. The Balaban J connectivity index is 1.50. The number of aromatic nitrogens is 2. The number of nitrogens with zero attached hydrogens (tertiary/aromatic N) is 2. The summed E-state index contributed by atoms with van der Waals surface area (Å²) >= 11 is 0. The summed E-state index contributed by atoms with van der Waals surface area (Å²) in [4.78, 5) is 16.3. The van der Waals surface area contributed by atoms with E-state index in [1.165, 1.54) is 23.3 Å². The van der Waals surface area contributed by atoms with E-state index in [2.05, 4.69) is 34.5 Å². The van der Waals surface area contributed by atoms with Gasteiger partial charge in [-0.05, 0) is 87.2 Å². The molecule has 0 atom stereocenters. The Morgan fingerprint density at radius 2 is 1.69 bits per heavy atom. The van der Waals surface area contributed by atoms with Crippen LogP contribution in [0.3, 0.4) is 0 Å². The average Bonchev–Trinajstić information content (AvgIpc) is 3.28. The fraction of sp³-hybridized carbons (Fsp3) is 0.250. The molecule has 0 bridgehead atoms. The molecule has 35 heavy (non-hydrogen) atoms. The van der Waals surface area contributed by atoms with Crippen LogP contribution in [-0.2, 0) is 9.53 Å². The highest BCUT2D eigenvalue weighted by atomic mass is 19.1. The summed E-state index contributed by atoms with van der Waals surface area (Å²) in [6, 6.07) is 18.7. The molecular formula is C28H28FN3O3. The molecule has 1 N–H and O–H groups in total. The van der Waals surface area contributed by atoms with Gasteiger partial charge in [0.25, 0.3) is 5.89 Å². The highest BCUT2D eigenvalue weighted by molar-refractivity contribution is 5.76. The molecule has 0 fully saturated rings. The van der Waals surface area contributed by atoms with Crippen molar-refractivity contribution in [3.63, 3.8) is 0 Å². The first-order valence-electron chi connectivity index (χ1n) is 11.4. The zero-order chi connectivity index (χ0) is 25.2. The average molecular weight is 474 g/mol. The van der Waals surface area contributed by atoms with Crippen LogP contribution >= 0.6 is 0 Å². The van der Waals surface area contributed by atoms with E-state index in [1.54, 1.807) is 26.8 Å². The molecule has 180 valence electrons. The Labute approximate surface area is 204 Å². The SMILES string of the molecule is Cc1ccccc1-c1ccc(-c2nc(-c3ccc(NCC(=O)OC(C)(C)C)c(F)c3)no2)cc1C. The van der Waals surface area contributed by atoms with E-state index in [4.69, 9.17) is 9.26 Å². The summed E-state index contributed by atoms with van der Waals surface area (Å²) in [6.07, 6.45) is 0. The molecule has 4 aromatic rings. The molecule has 6 nitrogen and oxygen atoms in total. The first kappa shape index (κ1) is 24.1. The van der Waals surface area contributed by atoms with Gasteiger partial charge >= 0.3 is 5.97 Å². The van der Waals surface area contributed by atoms with Crippen molar-refractivity contribution in [3.8, 4) is 34.0 Å². The fourth-order valence-electron chi connectivity index (χ4n) is 3.77. The third-order valence-corrected chi connectivity index (χ3v) is 5.41. The Morgan fingerprint density at radius 3 is 2.37 bits per heavy atom. The summed E-state index contributed by atoms with van der Waals surface area (Å²) in [5, 5.41) is 6.79. The summed E-state index contributed by atoms with van der Waals surface area (Å²) in [7, 11) is 0. The smallest absolute Gasteiger partial charge is 0.325 e. The fourth-order valence-corrected chi connectivity index (χ4v) is 3.77. The zero-order valence-corrected chi connectivity index (χ0v) is 20.5. The number of esters is 1. The molecule has 0 spiro atoms. The van der Waals surface area contributed by atoms with E-state index < -0.39 is 17.4 Å². The summed E-state index contributed by atoms with van der Waals surface area (Å²) in [5.41, 5.74) is 5.45. The van der Waals surface area contributed by atoms with E-state index in [0.717, 1.165) is 16.7 Å². The molecule has 0 aliphatic heterocycles. The predicted molar refractivity (Wildman–Crippen MR) is 134 cm³/mol. The largest absolute Gasteiger partial charge is 0.459 e. The first-order chi connectivity index (χ1) is 16.6. The number of nitrogens with one attached hydrogen (secondary N) is 1. The van der Waals surface area contributed by atoms with E-state index >= 15 is 0 Å². The second kappa shape index (κ2) is 9.70. The van der Waals surface area contributed by atoms with Crippen LogP contribution in [-0.4, -0.2) is 28.3 Å². The van der Waals surface area contributed by atoms with Gasteiger partial charge in [0.2, 0.25) is 5.82 Å². The van der Waals surface area contributed by atoms with Crippen molar-refractivity contribution in [3.05, 3.63) is 77.6 Å². The lowest BCUT2D eigenvalue weighted by Gasteiger charge is -2.19. The van der Waals surface area contributed by atoms with Crippen LogP contribution in [0.15, 0.2) is 65.2 Å². The van der Waals surface area contributed by atoms with Crippen molar-refractivity contribution in [2.75, 3.05) is 11.9 Å². The van der Waals surface area contributed by atoms with Gasteiger partial charge in [0, 0.05) is 11.1 Å².